The van der Waals surface area contributed by atoms with Gasteiger partial charge in [-0.05, 0) is 24.6 Å². The Morgan fingerprint density at radius 1 is 1.04 bits per heavy atom. The smallest absolute Gasteiger partial charge is 0.340 e. The zero-order chi connectivity index (χ0) is 19.7. The number of carbonyl (C=O) groups is 1. The summed E-state index contributed by atoms with van der Waals surface area (Å²) in [7, 11) is 1.39. The summed E-state index contributed by atoms with van der Waals surface area (Å²) in [6, 6.07) is 13.9. The molecule has 0 N–H and O–H groups in total. The number of methoxy groups -OCH3 is 1. The van der Waals surface area contributed by atoms with Crippen molar-refractivity contribution in [1.29, 1.82) is 0 Å². The molecule has 1 aromatic heterocycles. The molecule has 1 saturated heterocycles. The van der Waals surface area contributed by atoms with E-state index in [-0.39, 0.29) is 5.97 Å². The van der Waals surface area contributed by atoms with Crippen LogP contribution in [0.5, 0.6) is 0 Å². The molecule has 2 heterocycles. The molecule has 0 spiro atoms. The molecule has 4 rings (SSSR count). The average Bonchev–Trinajstić information content (AvgIpc) is 2.74. The van der Waals surface area contributed by atoms with Gasteiger partial charge in [0.2, 0.25) is 0 Å². The molecule has 0 bridgehead atoms. The maximum Gasteiger partial charge on any atom is 0.340 e. The van der Waals surface area contributed by atoms with Crippen molar-refractivity contribution < 1.29 is 9.53 Å². The first kappa shape index (κ1) is 18.6. The van der Waals surface area contributed by atoms with Crippen molar-refractivity contribution in [1.82, 2.24) is 4.98 Å². The van der Waals surface area contributed by atoms with Gasteiger partial charge in [-0.15, -0.1) is 0 Å². The molecule has 1 aliphatic heterocycles. The summed E-state index contributed by atoms with van der Waals surface area (Å²) in [5, 5.41) is 2.60. The SMILES string of the molecule is COC(=O)c1cnc(N2CCN(c3cc(Cl)ccc3C)CC2)c2ccccc12. The zero-order valence-corrected chi connectivity index (χ0v) is 16.7. The number of hydrogen-bond acceptors (Lipinski definition) is 5. The van der Waals surface area contributed by atoms with Crippen molar-refractivity contribution in [2.24, 2.45) is 0 Å². The first-order valence-electron chi connectivity index (χ1n) is 9.30. The number of anilines is 2. The quantitative estimate of drug-likeness (QED) is 0.618. The van der Waals surface area contributed by atoms with Crippen molar-refractivity contribution in [2.45, 2.75) is 6.92 Å². The highest BCUT2D eigenvalue weighted by molar-refractivity contribution is 6.30. The van der Waals surface area contributed by atoms with Gasteiger partial charge >= 0.3 is 5.97 Å². The molecule has 1 aliphatic rings. The highest BCUT2D eigenvalue weighted by atomic mass is 35.5. The summed E-state index contributed by atoms with van der Waals surface area (Å²) in [5.41, 5.74) is 2.91. The molecule has 28 heavy (non-hydrogen) atoms. The molecule has 0 atom stereocenters. The van der Waals surface area contributed by atoms with Crippen LogP contribution in [-0.4, -0.2) is 44.2 Å². The number of aryl methyl sites for hydroxylation is 1. The van der Waals surface area contributed by atoms with Crippen LogP contribution in [0.2, 0.25) is 5.02 Å². The number of aromatic nitrogens is 1. The van der Waals surface area contributed by atoms with Crippen LogP contribution < -0.4 is 9.80 Å². The highest BCUT2D eigenvalue weighted by Crippen LogP contribution is 2.30. The molecule has 5 nitrogen and oxygen atoms in total. The molecule has 3 aromatic rings. The van der Waals surface area contributed by atoms with E-state index in [1.54, 1.807) is 6.20 Å². The molecule has 1 fully saturated rings. The third-order valence-corrected chi connectivity index (χ3v) is 5.51. The van der Waals surface area contributed by atoms with Crippen LogP contribution in [0.15, 0.2) is 48.7 Å². The van der Waals surface area contributed by atoms with Crippen LogP contribution in [0.4, 0.5) is 11.5 Å². The van der Waals surface area contributed by atoms with Crippen LogP contribution in [0.25, 0.3) is 10.8 Å². The molecule has 2 aromatic carbocycles. The number of ether oxygens (including phenoxy) is 1. The highest BCUT2D eigenvalue weighted by Gasteiger charge is 2.22. The Labute approximate surface area is 169 Å². The number of halogens is 1. The van der Waals surface area contributed by atoms with Crippen molar-refractivity contribution >= 4 is 39.8 Å². The molecular formula is C22H22ClN3O2. The lowest BCUT2D eigenvalue weighted by atomic mass is 10.1. The summed E-state index contributed by atoms with van der Waals surface area (Å²) in [4.78, 5) is 21.3. The normalized spacial score (nSPS) is 14.4. The van der Waals surface area contributed by atoms with Crippen LogP contribution in [-0.2, 0) is 4.74 Å². The number of pyridine rings is 1. The summed E-state index contributed by atoms with van der Waals surface area (Å²) in [6.45, 7) is 5.57. The Balaban J connectivity index is 1.61. The molecular weight excluding hydrogens is 374 g/mol. The van der Waals surface area contributed by atoms with E-state index in [0.29, 0.717) is 5.56 Å². The molecule has 0 unspecified atom stereocenters. The first-order valence-corrected chi connectivity index (χ1v) is 9.68. The van der Waals surface area contributed by atoms with Crippen molar-refractivity contribution in [3.05, 3.63) is 64.8 Å². The van der Waals surface area contributed by atoms with Gasteiger partial charge in [-0.2, -0.15) is 0 Å². The molecule has 144 valence electrons. The number of rotatable bonds is 3. The first-order chi connectivity index (χ1) is 13.6. The Kier molecular flexibility index (Phi) is 5.09. The number of fused-ring (bicyclic) bond motifs is 1. The van der Waals surface area contributed by atoms with Crippen molar-refractivity contribution in [3.63, 3.8) is 0 Å². The minimum Gasteiger partial charge on any atom is -0.465 e. The molecule has 6 heteroatoms. The van der Waals surface area contributed by atoms with E-state index in [1.165, 1.54) is 18.4 Å². The summed E-state index contributed by atoms with van der Waals surface area (Å²) in [5.74, 6) is 0.544. The largest absolute Gasteiger partial charge is 0.465 e. The monoisotopic (exact) mass is 395 g/mol. The van der Waals surface area contributed by atoms with Gasteiger partial charge in [-0.3, -0.25) is 0 Å². The van der Waals surface area contributed by atoms with Crippen molar-refractivity contribution in [2.75, 3.05) is 43.1 Å². The predicted molar refractivity (Wildman–Crippen MR) is 114 cm³/mol. The fourth-order valence-corrected chi connectivity index (χ4v) is 3.95. The third-order valence-electron chi connectivity index (χ3n) is 5.27. The number of nitrogens with zero attached hydrogens (tertiary/aromatic N) is 3. The lowest BCUT2D eigenvalue weighted by molar-refractivity contribution is 0.0602. The van der Waals surface area contributed by atoms with E-state index < -0.39 is 0 Å². The number of carbonyl (C=O) groups excluding carboxylic acids is 1. The van der Waals surface area contributed by atoms with E-state index in [9.17, 15) is 4.79 Å². The topological polar surface area (TPSA) is 45.7 Å². The van der Waals surface area contributed by atoms with Gasteiger partial charge in [0.05, 0.1) is 12.7 Å². The Bertz CT molecular complexity index is 1030. The van der Waals surface area contributed by atoms with E-state index >= 15 is 0 Å². The van der Waals surface area contributed by atoms with Crippen molar-refractivity contribution in [3.8, 4) is 0 Å². The zero-order valence-electron chi connectivity index (χ0n) is 16.0. The Morgan fingerprint density at radius 3 is 2.43 bits per heavy atom. The van der Waals surface area contributed by atoms with Crippen LogP contribution in [0.3, 0.4) is 0 Å². The fourth-order valence-electron chi connectivity index (χ4n) is 3.78. The molecule has 0 radical (unpaired) electrons. The van der Waals surface area contributed by atoms with Gasteiger partial charge < -0.3 is 14.5 Å². The second kappa shape index (κ2) is 7.68. The van der Waals surface area contributed by atoms with Crippen LogP contribution >= 0.6 is 11.6 Å². The van der Waals surface area contributed by atoms with Gasteiger partial charge in [0.25, 0.3) is 0 Å². The third kappa shape index (κ3) is 3.38. The van der Waals surface area contributed by atoms with E-state index in [2.05, 4.69) is 27.8 Å². The fraction of sp³-hybridized carbons (Fsp3) is 0.273. The Morgan fingerprint density at radius 2 is 1.71 bits per heavy atom. The van der Waals surface area contributed by atoms with E-state index in [0.717, 1.165) is 47.8 Å². The standard InChI is InChI=1S/C22H22ClN3O2/c1-15-7-8-16(23)13-20(15)25-9-11-26(12-10-25)21-18-6-4-3-5-17(18)19(14-24-21)22(27)28-2/h3-8,13-14H,9-12H2,1-2H3. The summed E-state index contributed by atoms with van der Waals surface area (Å²) < 4.78 is 4.90. The number of hydrogen-bond donors (Lipinski definition) is 0. The predicted octanol–water partition coefficient (Wildman–Crippen LogP) is 4.31. The van der Waals surface area contributed by atoms with Gasteiger partial charge in [-0.25, -0.2) is 9.78 Å². The maximum atomic E-state index is 12.1. The number of esters is 1. The summed E-state index contributed by atoms with van der Waals surface area (Å²) >= 11 is 6.19. The number of benzene rings is 2. The van der Waals surface area contributed by atoms with E-state index in [4.69, 9.17) is 16.3 Å². The molecule has 0 saturated carbocycles. The molecule has 0 amide bonds. The van der Waals surface area contributed by atoms with E-state index in [1.807, 2.05) is 36.4 Å². The lowest BCUT2D eigenvalue weighted by Gasteiger charge is -2.38. The summed E-state index contributed by atoms with van der Waals surface area (Å²) in [6.07, 6.45) is 1.62. The lowest BCUT2D eigenvalue weighted by Crippen LogP contribution is -2.47. The van der Waals surface area contributed by atoms with Gasteiger partial charge in [-0.1, -0.05) is 41.9 Å². The second-order valence-electron chi connectivity index (χ2n) is 6.94. The maximum absolute atomic E-state index is 12.1. The minimum atomic E-state index is -0.364. The molecule has 0 aliphatic carbocycles. The number of piperazine rings is 1. The van der Waals surface area contributed by atoms with Crippen LogP contribution in [0, 0.1) is 6.92 Å². The second-order valence-corrected chi connectivity index (χ2v) is 7.37. The average molecular weight is 396 g/mol. The Hall–Kier alpha value is -2.79. The minimum absolute atomic E-state index is 0.364. The van der Waals surface area contributed by atoms with Gasteiger partial charge in [0.1, 0.15) is 5.82 Å². The van der Waals surface area contributed by atoms with Gasteiger partial charge in [0.15, 0.2) is 0 Å². The van der Waals surface area contributed by atoms with Crippen LogP contribution in [0.1, 0.15) is 15.9 Å². The van der Waals surface area contributed by atoms with Gasteiger partial charge in [0, 0.05) is 53.9 Å².